The van der Waals surface area contributed by atoms with Gasteiger partial charge in [-0.1, -0.05) is 108 Å². The molecule has 18 aromatic rings. The second-order valence-electron chi connectivity index (χ2n) is 26.6. The number of halogens is 10. The number of alkyl halides is 3. The first-order valence-corrected chi connectivity index (χ1v) is 36.7. The van der Waals surface area contributed by atoms with Crippen molar-refractivity contribution in [3.63, 3.8) is 0 Å². The van der Waals surface area contributed by atoms with E-state index in [-0.39, 0.29) is 22.9 Å². The lowest BCUT2D eigenvalue weighted by atomic mass is 9.95. The van der Waals surface area contributed by atoms with Gasteiger partial charge in [0.25, 0.3) is 0 Å². The lowest BCUT2D eigenvalue weighted by Gasteiger charge is -2.13. The minimum atomic E-state index is -4.58. The third-order valence-electron chi connectivity index (χ3n) is 19.8. The molecule has 7 aromatic carbocycles. The van der Waals surface area contributed by atoms with Crippen molar-refractivity contribution in [1.82, 2.24) is 54.8 Å². The van der Waals surface area contributed by atoms with E-state index in [2.05, 4.69) is 67.0 Å². The second-order valence-corrected chi connectivity index (χ2v) is 27.9. The van der Waals surface area contributed by atoms with E-state index in [0.29, 0.717) is 77.2 Å². The highest BCUT2D eigenvalue weighted by Crippen LogP contribution is 2.44. The van der Waals surface area contributed by atoms with E-state index in [1.165, 1.54) is 42.0 Å². The normalized spacial score (nSPS) is 12.2. The van der Waals surface area contributed by atoms with Gasteiger partial charge >= 0.3 is 6.18 Å². The van der Waals surface area contributed by atoms with E-state index in [1.807, 2.05) is 152 Å². The number of anilines is 1. The highest BCUT2D eigenvalue weighted by molar-refractivity contribution is 6.31. The van der Waals surface area contributed by atoms with Crippen LogP contribution in [0.15, 0.2) is 292 Å². The first-order chi connectivity index (χ1) is 55.4. The van der Waals surface area contributed by atoms with Gasteiger partial charge in [0.15, 0.2) is 22.6 Å². The van der Waals surface area contributed by atoms with Gasteiger partial charge in [0.05, 0.1) is 28.3 Å². The second kappa shape index (κ2) is 30.9. The molecule has 20 rings (SSSR count). The largest absolute Gasteiger partial charge is 0.416 e. The van der Waals surface area contributed by atoms with Crippen LogP contribution in [0.4, 0.5) is 36.6 Å². The minimum Gasteiger partial charge on any atom is -0.383 e. The molecule has 0 amide bonds. The van der Waals surface area contributed by atoms with Gasteiger partial charge < -0.3 is 5.73 Å². The third-order valence-corrected chi connectivity index (χ3v) is 20.5. The molecule has 2 N–H and O–H groups in total. The molecule has 0 atom stereocenters. The number of hydrogen-bond donors (Lipinski definition) is 1. The van der Waals surface area contributed by atoms with Crippen LogP contribution in [0.3, 0.4) is 0 Å². The summed E-state index contributed by atoms with van der Waals surface area (Å²) in [5, 5.41) is 8.72. The predicted molar refractivity (Wildman–Crippen MR) is 438 cm³/mol. The van der Waals surface area contributed by atoms with Crippen LogP contribution in [0.1, 0.15) is 38.9 Å². The third kappa shape index (κ3) is 14.5. The molecule has 0 aliphatic heterocycles. The van der Waals surface area contributed by atoms with Crippen molar-refractivity contribution in [2.75, 3.05) is 5.73 Å². The molecular weight excluding hydrogens is 1510 g/mol. The summed E-state index contributed by atoms with van der Waals surface area (Å²) >= 11 is 18.3. The fourth-order valence-electron chi connectivity index (χ4n) is 14.4. The van der Waals surface area contributed by atoms with Crippen molar-refractivity contribution in [2.24, 2.45) is 0 Å². The summed E-state index contributed by atoms with van der Waals surface area (Å²) in [5.41, 5.74) is 21.7. The first kappa shape index (κ1) is 73.2. The van der Waals surface area contributed by atoms with Crippen LogP contribution in [-0.2, 0) is 19.0 Å². The van der Waals surface area contributed by atoms with Crippen LogP contribution in [0.2, 0.25) is 15.1 Å². The Labute approximate surface area is 660 Å². The number of benzene rings is 7. The van der Waals surface area contributed by atoms with Gasteiger partial charge in [0, 0.05) is 125 Å². The van der Waals surface area contributed by atoms with Crippen molar-refractivity contribution >= 4 is 117 Å². The van der Waals surface area contributed by atoms with Crippen LogP contribution in [0.25, 0.3) is 144 Å². The maximum absolute atomic E-state index is 14.6. The maximum atomic E-state index is 14.6. The predicted octanol–water partition coefficient (Wildman–Crippen LogP) is 24.1. The van der Waals surface area contributed by atoms with Gasteiger partial charge in [0.2, 0.25) is 0 Å². The van der Waals surface area contributed by atoms with Crippen LogP contribution >= 0.6 is 34.8 Å². The number of nitrogens with two attached hydrogens (primary N) is 1. The number of pyridine rings is 11. The highest BCUT2D eigenvalue weighted by atomic mass is 35.5. The molecule has 11 aromatic heterocycles. The molecule has 0 unspecified atom stereocenters. The van der Waals surface area contributed by atoms with Gasteiger partial charge in [-0.2, -0.15) is 13.2 Å². The van der Waals surface area contributed by atoms with Crippen LogP contribution in [-0.4, -0.2) is 54.8 Å². The van der Waals surface area contributed by atoms with Gasteiger partial charge in [-0.3, -0.25) is 9.97 Å². The molecule has 12 nitrogen and oxygen atoms in total. The Bertz CT molecular complexity index is 6960. The van der Waals surface area contributed by atoms with Crippen molar-refractivity contribution in [2.45, 2.75) is 19.0 Å². The number of hydrogen-bond acceptors (Lipinski definition) is 12. The molecule has 0 radical (unpaired) electrons. The van der Waals surface area contributed by atoms with Crippen LogP contribution < -0.4 is 5.73 Å². The lowest BCUT2D eigenvalue weighted by Crippen LogP contribution is -2.06. The fourth-order valence-corrected chi connectivity index (χ4v) is 15.0. The van der Waals surface area contributed by atoms with Crippen LogP contribution in [0, 0.1) is 23.3 Å². The van der Waals surface area contributed by atoms with Crippen molar-refractivity contribution in [3.8, 4) is 67.3 Å². The van der Waals surface area contributed by atoms with Gasteiger partial charge in [-0.15, -0.1) is 0 Å². The summed E-state index contributed by atoms with van der Waals surface area (Å²) < 4.78 is 97.7. The van der Waals surface area contributed by atoms with E-state index < -0.39 is 23.4 Å². The summed E-state index contributed by atoms with van der Waals surface area (Å²) in [4.78, 5) is 48.2. The Kier molecular flexibility index (Phi) is 19.9. The standard InChI is InChI=1S/C24H14F4N2.C23H14ClFN4.C23H13ClFN3.C22H13ClFN3/c25-21-10-8-15(24(26,27)28)12-20(21)22-13-19(18-6-3-11-29-23(18)30-22)17-9-7-14-4-1-2-5-16(14)17;24-13-6-7-20(25)19(11-13)21-12-18(17-5-2-9-28-23(17)29-21)14-3-1-4-16-15(14)8-10-27-22(16)26;24-15-6-7-21(25)20(11-15)22-12-19(18-5-2-9-27-23(18)28-22)17-4-1-3-14-13-26-10-8-16(14)17;23-14-4-6-20(24)19(10-14)21-11-18(17-2-1-8-26-22(17)27-21)16-5-3-13-12-25-9-7-15(13)16/h1-6,8-13H,7H2;1-12H,(H2,26,27);1-13H;1-2,4-12H,3H2. The zero-order chi connectivity index (χ0) is 78.3. The average Bonchev–Trinajstić information content (AvgIpc) is 1.74. The minimum absolute atomic E-state index is 0.116. The van der Waals surface area contributed by atoms with Crippen molar-refractivity contribution in [3.05, 3.63) is 370 Å². The number of nitrogens with zero attached hydrogens (tertiary/aromatic N) is 11. The number of fused-ring (bicyclic) bond motifs is 8. The molecule has 11 heterocycles. The molecular formula is C92H54Cl3F7N12. The average molecular weight is 1570 g/mol. The van der Waals surface area contributed by atoms with E-state index in [1.54, 1.807) is 73.7 Å². The Morgan fingerprint density at radius 1 is 0.298 bits per heavy atom. The summed E-state index contributed by atoms with van der Waals surface area (Å²) in [6.45, 7) is 0. The Morgan fingerprint density at radius 2 is 0.702 bits per heavy atom. The maximum Gasteiger partial charge on any atom is 0.416 e. The zero-order valence-corrected chi connectivity index (χ0v) is 61.7. The highest BCUT2D eigenvalue weighted by Gasteiger charge is 2.32. The molecule has 0 bridgehead atoms. The Hall–Kier alpha value is -13.6. The van der Waals surface area contributed by atoms with E-state index in [0.717, 1.165) is 135 Å². The summed E-state index contributed by atoms with van der Waals surface area (Å²) in [6.07, 6.45) is 16.8. The van der Waals surface area contributed by atoms with E-state index in [4.69, 9.17) is 40.5 Å². The molecule has 0 saturated heterocycles. The number of rotatable bonds is 8. The lowest BCUT2D eigenvalue weighted by molar-refractivity contribution is -0.137. The summed E-state index contributed by atoms with van der Waals surface area (Å²) in [6, 6.07) is 64.0. The molecule has 552 valence electrons. The van der Waals surface area contributed by atoms with E-state index in [9.17, 15) is 30.7 Å². The van der Waals surface area contributed by atoms with Crippen molar-refractivity contribution in [1.29, 1.82) is 0 Å². The molecule has 22 heteroatoms. The number of nitrogen functional groups attached to an aromatic ring is 1. The van der Waals surface area contributed by atoms with Gasteiger partial charge in [0.1, 0.15) is 29.1 Å². The summed E-state index contributed by atoms with van der Waals surface area (Å²) in [5.74, 6) is -1.44. The quantitative estimate of drug-likeness (QED) is 0.143. The van der Waals surface area contributed by atoms with Crippen molar-refractivity contribution < 1.29 is 30.7 Å². The SMILES string of the molecule is Fc1ccc(C(F)(F)F)cc1-c1cc(C2=CCc3ccccc32)c2cccnc2n1.Fc1ccc(Cl)cc1-c1cc(-c2cccc3cnccc23)c2cccnc2n1.Fc1ccc(Cl)cc1-c1cc(C2=CCc3cnccc32)c2cccnc2n1.Nc1nccc2c(-c3cc(-c4cc(Cl)ccc4F)nc4ncccc34)cccc12. The smallest absolute Gasteiger partial charge is 0.383 e. The molecule has 0 saturated carbocycles. The van der Waals surface area contributed by atoms with Gasteiger partial charge in [-0.05, 0) is 254 Å². The van der Waals surface area contributed by atoms with Crippen LogP contribution in [0.5, 0.6) is 0 Å². The molecule has 2 aliphatic rings. The molecule has 114 heavy (non-hydrogen) atoms. The van der Waals surface area contributed by atoms with Gasteiger partial charge in [-0.25, -0.2) is 62.4 Å². The van der Waals surface area contributed by atoms with E-state index >= 15 is 0 Å². The number of aromatic nitrogens is 11. The zero-order valence-electron chi connectivity index (χ0n) is 59.4. The fraction of sp³-hybridized carbons (Fsp3) is 0.0326. The molecule has 0 spiro atoms. The molecule has 2 aliphatic carbocycles. The first-order valence-electron chi connectivity index (χ1n) is 35.6. The monoisotopic (exact) mass is 1560 g/mol. The Balaban J connectivity index is 0.000000110. The number of allylic oxidation sites excluding steroid dienone is 2. The molecule has 0 fully saturated rings. The Morgan fingerprint density at radius 3 is 1.22 bits per heavy atom. The topological polar surface area (TPSA) is 168 Å². The summed E-state index contributed by atoms with van der Waals surface area (Å²) in [7, 11) is 0.